The molecular weight excluding hydrogens is 563 g/mol. The molecule has 0 amide bonds. The zero-order valence-corrected chi connectivity index (χ0v) is 24.7. The van der Waals surface area contributed by atoms with E-state index in [-0.39, 0.29) is 24.9 Å². The summed E-state index contributed by atoms with van der Waals surface area (Å²) in [4.78, 5) is 7.39. The summed E-state index contributed by atoms with van der Waals surface area (Å²) in [6, 6.07) is 20.9. The summed E-state index contributed by atoms with van der Waals surface area (Å²) in [5.74, 6) is 2.04. The first-order valence-electron chi connectivity index (χ1n) is 13.8. The Hall–Kier alpha value is -3.63. The molecule has 2 heterocycles. The molecule has 0 saturated heterocycles. The predicted octanol–water partition coefficient (Wildman–Crippen LogP) is 8.03. The Balaban J connectivity index is 1.58. The van der Waals surface area contributed by atoms with Crippen molar-refractivity contribution in [3.05, 3.63) is 89.2 Å². The Morgan fingerprint density at radius 2 is 1.67 bits per heavy atom. The molecule has 0 radical (unpaired) electrons. The fourth-order valence-corrected chi connectivity index (χ4v) is 5.54. The minimum absolute atomic E-state index is 0.0411. The van der Waals surface area contributed by atoms with Crippen LogP contribution < -0.4 is 14.2 Å². The van der Waals surface area contributed by atoms with Gasteiger partial charge in [0.1, 0.15) is 11.6 Å². The second kappa shape index (κ2) is 13.1. The Morgan fingerprint density at radius 1 is 0.952 bits per heavy atom. The Kier molecular flexibility index (Phi) is 9.33. The topological polar surface area (TPSA) is 48.8 Å². The van der Waals surface area contributed by atoms with E-state index < -0.39 is 11.9 Å². The van der Waals surface area contributed by atoms with Gasteiger partial charge < -0.3 is 18.8 Å². The van der Waals surface area contributed by atoms with Crippen molar-refractivity contribution in [2.24, 2.45) is 0 Å². The quantitative estimate of drug-likeness (QED) is 0.154. The van der Waals surface area contributed by atoms with Crippen LogP contribution in [-0.4, -0.2) is 34.6 Å². The van der Waals surface area contributed by atoms with Gasteiger partial charge in [-0.1, -0.05) is 43.7 Å². The number of hydrogen-bond donors (Lipinski definition) is 0. The first-order chi connectivity index (χ1) is 20.3. The van der Waals surface area contributed by atoms with Crippen LogP contribution in [0.1, 0.15) is 42.3 Å². The van der Waals surface area contributed by atoms with Gasteiger partial charge in [-0.25, -0.2) is 4.98 Å². The minimum atomic E-state index is -4.63. The number of nitrogens with zero attached hydrogens (tertiary/aromatic N) is 3. The maximum Gasteiger partial charge on any atom is 0.435 e. The summed E-state index contributed by atoms with van der Waals surface area (Å²) >= 11 is 1.64. The number of aromatic nitrogens is 2. The molecule has 4 aromatic rings. The fourth-order valence-electron chi connectivity index (χ4n) is 5.13. The average Bonchev–Trinajstić information content (AvgIpc) is 3.60. The summed E-state index contributed by atoms with van der Waals surface area (Å²) in [6.45, 7) is 3.47. The van der Waals surface area contributed by atoms with Gasteiger partial charge in [0.15, 0.2) is 17.2 Å². The zero-order valence-electron chi connectivity index (χ0n) is 23.9. The molecule has 0 bridgehead atoms. The van der Waals surface area contributed by atoms with E-state index in [1.54, 1.807) is 40.6 Å². The van der Waals surface area contributed by atoms with E-state index >= 15 is 0 Å². The Morgan fingerprint density at radius 3 is 2.38 bits per heavy atom. The highest BCUT2D eigenvalue weighted by Crippen LogP contribution is 2.39. The van der Waals surface area contributed by atoms with Crippen molar-refractivity contribution >= 4 is 11.8 Å². The molecule has 1 aliphatic rings. The molecule has 5 rings (SSSR count). The SMILES string of the molecule is CCCCn1c(-c2ccccc2OC)nc(C(F)(F)F)c1CN(Cc1ccc(SC)cc1)Cc1ccc2c(c1)OCO2. The third kappa shape index (κ3) is 6.71. The molecule has 0 fully saturated rings. The second-order valence-corrected chi connectivity index (χ2v) is 11.0. The van der Waals surface area contributed by atoms with Crippen LogP contribution in [0.5, 0.6) is 17.2 Å². The number of thioether (sulfide) groups is 1. The molecule has 0 unspecified atom stereocenters. The molecule has 222 valence electrons. The number of imidazole rings is 1. The van der Waals surface area contributed by atoms with Crippen molar-refractivity contribution in [3.8, 4) is 28.6 Å². The first-order valence-corrected chi connectivity index (χ1v) is 15.1. The molecule has 0 spiro atoms. The largest absolute Gasteiger partial charge is 0.496 e. The molecule has 3 aromatic carbocycles. The van der Waals surface area contributed by atoms with Crippen LogP contribution >= 0.6 is 11.8 Å². The molecule has 1 aromatic heterocycles. The Bertz CT molecular complexity index is 1510. The van der Waals surface area contributed by atoms with Gasteiger partial charge in [0, 0.05) is 31.1 Å². The van der Waals surface area contributed by atoms with E-state index in [9.17, 15) is 13.2 Å². The van der Waals surface area contributed by atoms with E-state index in [1.165, 1.54) is 7.11 Å². The number of benzene rings is 3. The lowest BCUT2D eigenvalue weighted by atomic mass is 10.1. The standard InChI is InChI=1S/C32H34F3N3O3S/c1-4-5-16-38-26(30(32(33,34)35)36-31(38)25-8-6-7-9-27(25)39-2)20-37(18-22-10-13-24(42-3)14-11-22)19-23-12-15-28-29(17-23)41-21-40-28/h6-15,17H,4-5,16,18-21H2,1-3H3. The highest BCUT2D eigenvalue weighted by Gasteiger charge is 2.40. The fraction of sp³-hybridized carbons (Fsp3) is 0.344. The van der Waals surface area contributed by atoms with Crippen LogP contribution in [-0.2, 0) is 32.4 Å². The van der Waals surface area contributed by atoms with Crippen LogP contribution in [0.2, 0.25) is 0 Å². The number of rotatable bonds is 12. The zero-order chi connectivity index (χ0) is 29.7. The highest BCUT2D eigenvalue weighted by atomic mass is 32.2. The van der Waals surface area contributed by atoms with Crippen molar-refractivity contribution in [3.63, 3.8) is 0 Å². The number of fused-ring (bicyclic) bond motifs is 1. The van der Waals surface area contributed by atoms with E-state index in [0.717, 1.165) is 22.4 Å². The van der Waals surface area contributed by atoms with Gasteiger partial charge in [-0.05, 0) is 60.2 Å². The van der Waals surface area contributed by atoms with E-state index in [0.29, 0.717) is 48.9 Å². The number of alkyl halides is 3. The molecule has 42 heavy (non-hydrogen) atoms. The highest BCUT2D eigenvalue weighted by molar-refractivity contribution is 7.98. The number of hydrogen-bond acceptors (Lipinski definition) is 6. The normalized spacial score (nSPS) is 12.7. The van der Waals surface area contributed by atoms with Crippen molar-refractivity contribution in [2.45, 2.75) is 57.0 Å². The average molecular weight is 598 g/mol. The second-order valence-electron chi connectivity index (χ2n) is 10.1. The van der Waals surface area contributed by atoms with Crippen LogP contribution in [0.4, 0.5) is 13.2 Å². The van der Waals surface area contributed by atoms with Crippen molar-refractivity contribution in [2.75, 3.05) is 20.2 Å². The summed E-state index contributed by atoms with van der Waals surface area (Å²) < 4.78 is 62.2. The number of methoxy groups -OCH3 is 1. The van der Waals surface area contributed by atoms with Gasteiger partial charge in [-0.2, -0.15) is 13.2 Å². The summed E-state index contributed by atoms with van der Waals surface area (Å²) in [5.41, 5.74) is 1.72. The molecule has 6 nitrogen and oxygen atoms in total. The van der Waals surface area contributed by atoms with Crippen LogP contribution in [0.15, 0.2) is 71.6 Å². The van der Waals surface area contributed by atoms with E-state index in [2.05, 4.69) is 4.98 Å². The molecule has 0 aliphatic carbocycles. The lowest BCUT2D eigenvalue weighted by Gasteiger charge is -2.25. The van der Waals surface area contributed by atoms with E-state index in [4.69, 9.17) is 14.2 Å². The van der Waals surface area contributed by atoms with Gasteiger partial charge in [-0.3, -0.25) is 4.90 Å². The van der Waals surface area contributed by atoms with Gasteiger partial charge >= 0.3 is 6.18 Å². The van der Waals surface area contributed by atoms with Crippen LogP contribution in [0.3, 0.4) is 0 Å². The van der Waals surface area contributed by atoms with Crippen molar-refractivity contribution in [1.82, 2.24) is 14.5 Å². The first kappa shape index (κ1) is 29.8. The molecule has 0 saturated carbocycles. The number of unbranched alkanes of at least 4 members (excludes halogenated alkanes) is 1. The van der Waals surface area contributed by atoms with Crippen LogP contribution in [0, 0.1) is 0 Å². The molecule has 1 aliphatic heterocycles. The van der Waals surface area contributed by atoms with E-state index in [1.807, 2.05) is 60.5 Å². The smallest absolute Gasteiger partial charge is 0.435 e. The van der Waals surface area contributed by atoms with Crippen molar-refractivity contribution in [1.29, 1.82) is 0 Å². The Labute approximate surface area is 248 Å². The van der Waals surface area contributed by atoms with Gasteiger partial charge in [0.05, 0.1) is 18.4 Å². The lowest BCUT2D eigenvalue weighted by Crippen LogP contribution is -2.26. The number of halogens is 3. The molecule has 0 N–H and O–H groups in total. The summed E-state index contributed by atoms with van der Waals surface area (Å²) in [6.07, 6.45) is -1.08. The summed E-state index contributed by atoms with van der Waals surface area (Å²) in [7, 11) is 1.51. The molecular formula is C32H34F3N3O3S. The summed E-state index contributed by atoms with van der Waals surface area (Å²) in [5, 5.41) is 0. The van der Waals surface area contributed by atoms with Gasteiger partial charge in [0.25, 0.3) is 0 Å². The van der Waals surface area contributed by atoms with Gasteiger partial charge in [-0.15, -0.1) is 11.8 Å². The number of ether oxygens (including phenoxy) is 3. The maximum atomic E-state index is 14.6. The monoisotopic (exact) mass is 597 g/mol. The van der Waals surface area contributed by atoms with Crippen LogP contribution in [0.25, 0.3) is 11.4 Å². The third-order valence-electron chi connectivity index (χ3n) is 7.21. The molecule has 10 heteroatoms. The predicted molar refractivity (Wildman–Crippen MR) is 158 cm³/mol. The maximum absolute atomic E-state index is 14.6. The third-order valence-corrected chi connectivity index (χ3v) is 7.95. The lowest BCUT2D eigenvalue weighted by molar-refractivity contribution is -0.141. The molecule has 0 atom stereocenters. The van der Waals surface area contributed by atoms with Gasteiger partial charge in [0.2, 0.25) is 6.79 Å². The minimum Gasteiger partial charge on any atom is -0.496 e. The van der Waals surface area contributed by atoms with Crippen molar-refractivity contribution < 1.29 is 27.4 Å². The number of para-hydroxylation sites is 1.